The highest BCUT2D eigenvalue weighted by atomic mass is 35.5. The Morgan fingerprint density at radius 2 is 1.68 bits per heavy atom. The van der Waals surface area contributed by atoms with Gasteiger partial charge in [0.25, 0.3) is 0 Å². The maximum absolute atomic E-state index is 12.1. The molecule has 3 aromatic rings. The van der Waals surface area contributed by atoms with Crippen molar-refractivity contribution < 1.29 is 9.53 Å². The van der Waals surface area contributed by atoms with Crippen LogP contribution in [0.2, 0.25) is 5.02 Å². The second kappa shape index (κ2) is 10.3. The number of ether oxygens (including phenoxy) is 1. The number of benzene rings is 3. The van der Waals surface area contributed by atoms with Crippen LogP contribution in [-0.4, -0.2) is 12.1 Å². The lowest BCUT2D eigenvalue weighted by Crippen LogP contribution is -2.20. The van der Waals surface area contributed by atoms with Gasteiger partial charge in [0.15, 0.2) is 0 Å². The Kier molecular flexibility index (Phi) is 7.48. The summed E-state index contributed by atoms with van der Waals surface area (Å²) in [6.45, 7) is 6.91. The van der Waals surface area contributed by atoms with Crippen molar-refractivity contribution in [2.45, 2.75) is 39.2 Å². The summed E-state index contributed by atoms with van der Waals surface area (Å²) >= 11 is 6.14. The number of rotatable bonds is 7. The van der Waals surface area contributed by atoms with Gasteiger partial charge in [-0.2, -0.15) is 5.10 Å². The van der Waals surface area contributed by atoms with E-state index in [1.54, 1.807) is 6.21 Å². The van der Waals surface area contributed by atoms with Gasteiger partial charge in [-0.15, -0.1) is 0 Å². The van der Waals surface area contributed by atoms with E-state index < -0.39 is 0 Å². The van der Waals surface area contributed by atoms with E-state index in [0.29, 0.717) is 11.6 Å². The van der Waals surface area contributed by atoms with Gasteiger partial charge in [-0.1, -0.05) is 74.8 Å². The van der Waals surface area contributed by atoms with Crippen LogP contribution in [0.5, 0.6) is 5.75 Å². The molecular formula is C26H27ClN2O2. The molecule has 0 saturated heterocycles. The van der Waals surface area contributed by atoms with Gasteiger partial charge < -0.3 is 4.74 Å². The first-order chi connectivity index (χ1) is 14.8. The normalized spacial score (nSPS) is 11.5. The minimum atomic E-state index is -0.153. The lowest BCUT2D eigenvalue weighted by atomic mass is 9.86. The maximum atomic E-state index is 12.1. The number of carbonyl (C=O) groups is 1. The Hall–Kier alpha value is -3.11. The Labute approximate surface area is 188 Å². The second-order valence-electron chi connectivity index (χ2n) is 8.37. The van der Waals surface area contributed by atoms with Crippen LogP contribution in [0, 0.1) is 0 Å². The standard InChI is InChI=1S/C26H27ClN2O2/c1-26(2,3)22-12-8-19(9-13-22)16-25(30)29-28-17-20-10-14-23(15-11-20)31-18-21-6-4-5-7-24(21)27/h4-15,17H,16,18H2,1-3H3,(H,29,30)/b28-17-. The third-order valence-electron chi connectivity index (χ3n) is 4.82. The molecule has 0 heterocycles. The zero-order valence-electron chi connectivity index (χ0n) is 18.1. The van der Waals surface area contributed by atoms with Crippen LogP contribution in [0.3, 0.4) is 0 Å². The van der Waals surface area contributed by atoms with Crippen LogP contribution < -0.4 is 10.2 Å². The molecular weight excluding hydrogens is 408 g/mol. The van der Waals surface area contributed by atoms with Gasteiger partial charge in [0.1, 0.15) is 12.4 Å². The first-order valence-electron chi connectivity index (χ1n) is 10.2. The van der Waals surface area contributed by atoms with E-state index in [-0.39, 0.29) is 17.7 Å². The van der Waals surface area contributed by atoms with Crippen LogP contribution >= 0.6 is 11.6 Å². The van der Waals surface area contributed by atoms with Crippen molar-refractivity contribution in [2.75, 3.05) is 0 Å². The summed E-state index contributed by atoms with van der Waals surface area (Å²) in [6.07, 6.45) is 1.90. The third-order valence-corrected chi connectivity index (χ3v) is 5.19. The van der Waals surface area contributed by atoms with Crippen molar-refractivity contribution in [1.29, 1.82) is 0 Å². The van der Waals surface area contributed by atoms with Gasteiger partial charge in [0.05, 0.1) is 12.6 Å². The Morgan fingerprint density at radius 1 is 1.00 bits per heavy atom. The molecule has 0 aliphatic carbocycles. The molecule has 4 nitrogen and oxygen atoms in total. The van der Waals surface area contributed by atoms with E-state index in [1.165, 1.54) is 5.56 Å². The second-order valence-corrected chi connectivity index (χ2v) is 8.77. The van der Waals surface area contributed by atoms with Gasteiger partial charge >= 0.3 is 0 Å². The number of hydrogen-bond acceptors (Lipinski definition) is 3. The highest BCUT2D eigenvalue weighted by molar-refractivity contribution is 6.31. The van der Waals surface area contributed by atoms with Crippen molar-refractivity contribution in [3.05, 3.63) is 100 Å². The monoisotopic (exact) mass is 434 g/mol. The van der Waals surface area contributed by atoms with Crippen molar-refractivity contribution in [1.82, 2.24) is 5.43 Å². The van der Waals surface area contributed by atoms with E-state index in [4.69, 9.17) is 16.3 Å². The van der Waals surface area contributed by atoms with Crippen LogP contribution in [0.1, 0.15) is 43.0 Å². The number of amides is 1. The number of halogens is 1. The number of hydrogen-bond donors (Lipinski definition) is 1. The summed E-state index contributed by atoms with van der Waals surface area (Å²) in [7, 11) is 0. The van der Waals surface area contributed by atoms with Gasteiger partial charge in [0.2, 0.25) is 5.91 Å². The van der Waals surface area contributed by atoms with Crippen LogP contribution in [0.25, 0.3) is 0 Å². The summed E-state index contributed by atoms with van der Waals surface area (Å²) in [5.41, 5.74) is 6.67. The maximum Gasteiger partial charge on any atom is 0.244 e. The molecule has 1 amide bonds. The minimum Gasteiger partial charge on any atom is -0.489 e. The zero-order valence-corrected chi connectivity index (χ0v) is 18.8. The van der Waals surface area contributed by atoms with Crippen LogP contribution in [0.4, 0.5) is 0 Å². The summed E-state index contributed by atoms with van der Waals surface area (Å²) in [5, 5.41) is 4.73. The lowest BCUT2D eigenvalue weighted by molar-refractivity contribution is -0.120. The van der Waals surface area contributed by atoms with E-state index in [9.17, 15) is 4.79 Å². The average Bonchev–Trinajstić information content (AvgIpc) is 2.74. The molecule has 5 heteroatoms. The van der Waals surface area contributed by atoms with Crippen LogP contribution in [0.15, 0.2) is 77.9 Å². The van der Waals surface area contributed by atoms with Crippen molar-refractivity contribution in [3.8, 4) is 5.75 Å². The van der Waals surface area contributed by atoms with Gasteiger partial charge in [-0.3, -0.25) is 4.79 Å². The Morgan fingerprint density at radius 3 is 2.32 bits per heavy atom. The summed E-state index contributed by atoms with van der Waals surface area (Å²) < 4.78 is 5.77. The topological polar surface area (TPSA) is 50.7 Å². The predicted molar refractivity (Wildman–Crippen MR) is 127 cm³/mol. The SMILES string of the molecule is CC(C)(C)c1ccc(CC(=O)N/N=C\c2ccc(OCc3ccccc3Cl)cc2)cc1. The predicted octanol–water partition coefficient (Wildman–Crippen LogP) is 5.91. The molecule has 0 saturated carbocycles. The molecule has 31 heavy (non-hydrogen) atoms. The first-order valence-corrected chi connectivity index (χ1v) is 10.6. The van der Waals surface area contributed by atoms with Crippen molar-refractivity contribution in [3.63, 3.8) is 0 Å². The summed E-state index contributed by atoms with van der Waals surface area (Å²) in [5.74, 6) is 0.583. The smallest absolute Gasteiger partial charge is 0.244 e. The molecule has 3 rings (SSSR count). The Bertz CT molecular complexity index is 1040. The molecule has 0 bridgehead atoms. The third kappa shape index (κ3) is 6.97. The quantitative estimate of drug-likeness (QED) is 0.371. The molecule has 0 spiro atoms. The molecule has 3 aromatic carbocycles. The molecule has 0 aliphatic heterocycles. The molecule has 0 radical (unpaired) electrons. The Balaban J connectivity index is 1.47. The number of nitrogens with one attached hydrogen (secondary N) is 1. The molecule has 160 valence electrons. The van der Waals surface area contributed by atoms with E-state index in [0.717, 1.165) is 22.4 Å². The molecule has 0 aromatic heterocycles. The molecule has 1 N–H and O–H groups in total. The largest absolute Gasteiger partial charge is 0.489 e. The molecule has 0 unspecified atom stereocenters. The highest BCUT2D eigenvalue weighted by Crippen LogP contribution is 2.22. The van der Waals surface area contributed by atoms with Gasteiger partial charge in [-0.05, 0) is 52.4 Å². The van der Waals surface area contributed by atoms with Gasteiger partial charge in [0, 0.05) is 10.6 Å². The van der Waals surface area contributed by atoms with E-state index in [1.807, 2.05) is 60.7 Å². The fourth-order valence-corrected chi connectivity index (χ4v) is 3.14. The van der Waals surface area contributed by atoms with E-state index in [2.05, 4.69) is 43.4 Å². The minimum absolute atomic E-state index is 0.0975. The molecule has 0 fully saturated rings. The number of hydrazone groups is 1. The van der Waals surface area contributed by atoms with Crippen molar-refractivity contribution in [2.24, 2.45) is 5.10 Å². The molecule has 0 aliphatic rings. The fraction of sp³-hybridized carbons (Fsp3) is 0.231. The fourth-order valence-electron chi connectivity index (χ4n) is 2.95. The summed E-state index contributed by atoms with van der Waals surface area (Å²) in [4.78, 5) is 12.1. The average molecular weight is 435 g/mol. The summed E-state index contributed by atoms with van der Waals surface area (Å²) in [6, 6.07) is 23.2. The highest BCUT2D eigenvalue weighted by Gasteiger charge is 2.13. The molecule has 0 atom stereocenters. The number of nitrogens with zero attached hydrogens (tertiary/aromatic N) is 1. The lowest BCUT2D eigenvalue weighted by Gasteiger charge is -2.19. The number of carbonyl (C=O) groups excluding carboxylic acids is 1. The van der Waals surface area contributed by atoms with Gasteiger partial charge in [-0.25, -0.2) is 5.43 Å². The first kappa shape index (κ1) is 22.6. The van der Waals surface area contributed by atoms with Crippen LogP contribution in [-0.2, 0) is 23.2 Å². The van der Waals surface area contributed by atoms with Crippen molar-refractivity contribution >= 4 is 23.7 Å². The zero-order chi connectivity index (χ0) is 22.3. The van der Waals surface area contributed by atoms with E-state index >= 15 is 0 Å².